The van der Waals surface area contributed by atoms with Crippen LogP contribution in [0.15, 0.2) is 23.3 Å². The normalized spacial score (nSPS) is 10.6. The molecular formula is C12H14N6O3. The largest absolute Gasteiger partial charge is 0.497 e. The molecule has 1 heterocycles. The molecule has 0 spiro atoms. The molecule has 0 bridgehead atoms. The fraction of sp³-hybridized carbons (Fsp3) is 0.167. The van der Waals surface area contributed by atoms with Crippen molar-refractivity contribution in [1.82, 2.24) is 20.6 Å². The Morgan fingerprint density at radius 3 is 2.86 bits per heavy atom. The SMILES string of the molecule is COc1ccc(OC)c(C=NNC(=O)c2nc(N)n[nH]2)c1. The van der Waals surface area contributed by atoms with E-state index < -0.39 is 5.91 Å². The van der Waals surface area contributed by atoms with Crippen molar-refractivity contribution in [2.75, 3.05) is 20.0 Å². The molecule has 4 N–H and O–H groups in total. The number of aromatic amines is 1. The fourth-order valence-corrected chi connectivity index (χ4v) is 1.53. The molecule has 2 aromatic rings. The second-order valence-corrected chi connectivity index (χ2v) is 3.85. The van der Waals surface area contributed by atoms with Crippen LogP contribution in [0.1, 0.15) is 16.2 Å². The molecule has 0 atom stereocenters. The summed E-state index contributed by atoms with van der Waals surface area (Å²) in [6.45, 7) is 0. The Balaban J connectivity index is 2.08. The topological polar surface area (TPSA) is 128 Å². The van der Waals surface area contributed by atoms with E-state index in [0.29, 0.717) is 17.1 Å². The summed E-state index contributed by atoms with van der Waals surface area (Å²) < 4.78 is 10.3. The molecule has 1 aromatic carbocycles. The number of nitrogens with two attached hydrogens (primary N) is 1. The third-order valence-electron chi connectivity index (χ3n) is 2.52. The lowest BCUT2D eigenvalue weighted by Gasteiger charge is -2.06. The van der Waals surface area contributed by atoms with Gasteiger partial charge in [-0.3, -0.25) is 9.89 Å². The highest BCUT2D eigenvalue weighted by Crippen LogP contribution is 2.22. The number of hydrazone groups is 1. The third kappa shape index (κ3) is 3.47. The summed E-state index contributed by atoms with van der Waals surface area (Å²) in [5.41, 5.74) is 8.25. The summed E-state index contributed by atoms with van der Waals surface area (Å²) >= 11 is 0. The number of H-pyrrole nitrogens is 1. The Labute approximate surface area is 120 Å². The first-order valence-electron chi connectivity index (χ1n) is 5.87. The zero-order chi connectivity index (χ0) is 15.2. The van der Waals surface area contributed by atoms with Gasteiger partial charge in [0.15, 0.2) is 0 Å². The molecular weight excluding hydrogens is 276 g/mol. The summed E-state index contributed by atoms with van der Waals surface area (Å²) in [7, 11) is 3.09. The second kappa shape index (κ2) is 6.37. The van der Waals surface area contributed by atoms with Gasteiger partial charge >= 0.3 is 5.91 Å². The van der Waals surface area contributed by atoms with Gasteiger partial charge < -0.3 is 15.2 Å². The lowest BCUT2D eigenvalue weighted by molar-refractivity contribution is 0.0945. The monoisotopic (exact) mass is 290 g/mol. The van der Waals surface area contributed by atoms with Crippen molar-refractivity contribution in [2.24, 2.45) is 5.10 Å². The smallest absolute Gasteiger partial charge is 0.308 e. The van der Waals surface area contributed by atoms with E-state index in [-0.39, 0.29) is 11.8 Å². The second-order valence-electron chi connectivity index (χ2n) is 3.85. The molecule has 9 heteroatoms. The number of carbonyl (C=O) groups is 1. The molecule has 1 aromatic heterocycles. The lowest BCUT2D eigenvalue weighted by Crippen LogP contribution is -2.19. The van der Waals surface area contributed by atoms with E-state index >= 15 is 0 Å². The quantitative estimate of drug-likeness (QED) is 0.532. The maximum absolute atomic E-state index is 11.7. The average molecular weight is 290 g/mol. The summed E-state index contributed by atoms with van der Waals surface area (Å²) in [6.07, 6.45) is 1.43. The Kier molecular flexibility index (Phi) is 4.34. The molecule has 0 aliphatic heterocycles. The van der Waals surface area contributed by atoms with Gasteiger partial charge in [-0.1, -0.05) is 0 Å². The van der Waals surface area contributed by atoms with Crippen molar-refractivity contribution >= 4 is 18.1 Å². The van der Waals surface area contributed by atoms with E-state index in [1.807, 2.05) is 0 Å². The van der Waals surface area contributed by atoms with E-state index in [2.05, 4.69) is 25.7 Å². The first kappa shape index (κ1) is 14.3. The molecule has 0 aliphatic carbocycles. The Bertz CT molecular complexity index is 667. The molecule has 0 radical (unpaired) electrons. The summed E-state index contributed by atoms with van der Waals surface area (Å²) in [6, 6.07) is 5.21. The summed E-state index contributed by atoms with van der Waals surface area (Å²) in [5, 5.41) is 9.75. The van der Waals surface area contributed by atoms with E-state index in [0.717, 1.165) is 0 Å². The number of hydrogen-bond donors (Lipinski definition) is 3. The molecule has 21 heavy (non-hydrogen) atoms. The fourth-order valence-electron chi connectivity index (χ4n) is 1.53. The minimum absolute atomic E-state index is 0.0152. The average Bonchev–Trinajstić information content (AvgIpc) is 2.93. The number of amides is 1. The van der Waals surface area contributed by atoms with Gasteiger partial charge in [0.2, 0.25) is 11.8 Å². The number of nitrogens with zero attached hydrogens (tertiary/aromatic N) is 3. The van der Waals surface area contributed by atoms with Crippen molar-refractivity contribution in [2.45, 2.75) is 0 Å². The van der Waals surface area contributed by atoms with Crippen LogP contribution in [0.4, 0.5) is 5.95 Å². The number of aromatic nitrogens is 3. The lowest BCUT2D eigenvalue weighted by atomic mass is 10.2. The summed E-state index contributed by atoms with van der Waals surface area (Å²) in [4.78, 5) is 15.3. The summed E-state index contributed by atoms with van der Waals surface area (Å²) in [5.74, 6) is 0.641. The molecule has 0 fully saturated rings. The highest BCUT2D eigenvalue weighted by atomic mass is 16.5. The Morgan fingerprint density at radius 2 is 2.24 bits per heavy atom. The van der Waals surface area contributed by atoms with Crippen LogP contribution < -0.4 is 20.6 Å². The van der Waals surface area contributed by atoms with E-state index in [4.69, 9.17) is 15.2 Å². The van der Waals surface area contributed by atoms with E-state index in [9.17, 15) is 4.79 Å². The van der Waals surface area contributed by atoms with Gasteiger partial charge in [0.05, 0.1) is 20.4 Å². The van der Waals surface area contributed by atoms with Crippen LogP contribution in [0, 0.1) is 0 Å². The number of nitrogen functional groups attached to an aromatic ring is 1. The van der Waals surface area contributed by atoms with Crippen molar-refractivity contribution in [3.05, 3.63) is 29.6 Å². The number of nitrogens with one attached hydrogen (secondary N) is 2. The number of anilines is 1. The van der Waals surface area contributed by atoms with Crippen molar-refractivity contribution in [3.8, 4) is 11.5 Å². The maximum Gasteiger partial charge on any atom is 0.308 e. The number of hydrogen-bond acceptors (Lipinski definition) is 7. The van der Waals surface area contributed by atoms with Crippen LogP contribution in [0.3, 0.4) is 0 Å². The van der Waals surface area contributed by atoms with Crippen molar-refractivity contribution < 1.29 is 14.3 Å². The first-order chi connectivity index (χ1) is 10.1. The number of benzene rings is 1. The van der Waals surface area contributed by atoms with Gasteiger partial charge in [0, 0.05) is 5.56 Å². The number of carbonyl (C=O) groups excluding carboxylic acids is 1. The van der Waals surface area contributed by atoms with E-state index in [1.54, 1.807) is 25.3 Å². The van der Waals surface area contributed by atoms with Crippen molar-refractivity contribution in [1.29, 1.82) is 0 Å². The molecule has 0 saturated heterocycles. The minimum atomic E-state index is -0.558. The van der Waals surface area contributed by atoms with E-state index in [1.165, 1.54) is 13.3 Å². The van der Waals surface area contributed by atoms with Crippen molar-refractivity contribution in [3.63, 3.8) is 0 Å². The van der Waals surface area contributed by atoms with Gasteiger partial charge in [0.1, 0.15) is 11.5 Å². The van der Waals surface area contributed by atoms with Crippen LogP contribution in [0.5, 0.6) is 11.5 Å². The highest BCUT2D eigenvalue weighted by molar-refractivity contribution is 5.92. The molecule has 0 unspecified atom stereocenters. The number of rotatable bonds is 5. The predicted octanol–water partition coefficient (Wildman–Crippen LogP) is 0.168. The molecule has 2 rings (SSSR count). The number of methoxy groups -OCH3 is 2. The molecule has 0 aliphatic rings. The first-order valence-corrected chi connectivity index (χ1v) is 5.87. The van der Waals surface area contributed by atoms with Crippen LogP contribution in [-0.4, -0.2) is 41.5 Å². The molecule has 110 valence electrons. The predicted molar refractivity (Wildman–Crippen MR) is 75.4 cm³/mol. The molecule has 1 amide bonds. The van der Waals surface area contributed by atoms with Gasteiger partial charge in [-0.15, -0.1) is 5.10 Å². The molecule has 9 nitrogen and oxygen atoms in total. The van der Waals surface area contributed by atoms with Crippen LogP contribution >= 0.6 is 0 Å². The molecule has 0 saturated carbocycles. The van der Waals surface area contributed by atoms with Crippen LogP contribution in [-0.2, 0) is 0 Å². The standard InChI is InChI=1S/C12H14N6O3/c1-20-8-3-4-9(21-2)7(5-8)6-14-17-11(19)10-15-12(13)18-16-10/h3-6H,1-2H3,(H,17,19)(H3,13,15,16,18). The Hall–Kier alpha value is -3.10. The van der Waals surface area contributed by atoms with Crippen LogP contribution in [0.2, 0.25) is 0 Å². The highest BCUT2D eigenvalue weighted by Gasteiger charge is 2.09. The van der Waals surface area contributed by atoms with Gasteiger partial charge in [-0.25, -0.2) is 5.43 Å². The van der Waals surface area contributed by atoms with Gasteiger partial charge in [-0.05, 0) is 18.2 Å². The zero-order valence-electron chi connectivity index (χ0n) is 11.5. The van der Waals surface area contributed by atoms with Gasteiger partial charge in [-0.2, -0.15) is 10.1 Å². The van der Waals surface area contributed by atoms with Crippen LogP contribution in [0.25, 0.3) is 0 Å². The third-order valence-corrected chi connectivity index (χ3v) is 2.52. The Morgan fingerprint density at radius 1 is 1.43 bits per heavy atom. The minimum Gasteiger partial charge on any atom is -0.497 e. The maximum atomic E-state index is 11.7. The van der Waals surface area contributed by atoms with Gasteiger partial charge in [0.25, 0.3) is 0 Å². The number of ether oxygens (including phenoxy) is 2. The zero-order valence-corrected chi connectivity index (χ0v) is 11.5.